The van der Waals surface area contributed by atoms with Crippen molar-refractivity contribution in [1.82, 2.24) is 25.4 Å². The van der Waals surface area contributed by atoms with Crippen molar-refractivity contribution in [3.63, 3.8) is 0 Å². The molecule has 1 amide bonds. The van der Waals surface area contributed by atoms with Crippen LogP contribution in [0.15, 0.2) is 60.9 Å². The van der Waals surface area contributed by atoms with Crippen molar-refractivity contribution in [2.45, 2.75) is 37.8 Å². The molecule has 0 bridgehead atoms. The minimum absolute atomic E-state index is 0.0353. The number of carbonyl (C=O) groups is 1. The van der Waals surface area contributed by atoms with Crippen LogP contribution in [0.1, 0.15) is 35.5 Å². The summed E-state index contributed by atoms with van der Waals surface area (Å²) in [7, 11) is 2.06. The second-order valence-corrected chi connectivity index (χ2v) is 7.88. The van der Waals surface area contributed by atoms with Crippen LogP contribution in [0.2, 0.25) is 0 Å². The quantitative estimate of drug-likeness (QED) is 0.652. The molecule has 0 radical (unpaired) electrons. The Morgan fingerprint density at radius 1 is 1.14 bits per heavy atom. The zero-order chi connectivity index (χ0) is 20.3. The standard InChI is InChI=1S/C23H27N5O/c1-17(21-24-16-25-27-21)26-22(29)23(14-19-10-6-7-11-20(19)15-23)28(2)13-12-18-8-4-3-5-9-18/h3-11,16-17H,12-15H2,1-2H3,(H,26,29)(H,24,25,27)/t17-/m0/s1. The molecule has 6 nitrogen and oxygen atoms in total. The molecule has 0 saturated heterocycles. The zero-order valence-electron chi connectivity index (χ0n) is 16.9. The minimum atomic E-state index is -0.604. The lowest BCUT2D eigenvalue weighted by Crippen LogP contribution is -2.59. The maximum absolute atomic E-state index is 13.6. The number of nitrogens with zero attached hydrogens (tertiary/aromatic N) is 3. The second-order valence-electron chi connectivity index (χ2n) is 7.88. The molecule has 1 heterocycles. The number of carbonyl (C=O) groups excluding carboxylic acids is 1. The summed E-state index contributed by atoms with van der Waals surface area (Å²) in [6.45, 7) is 2.74. The van der Waals surface area contributed by atoms with Crippen molar-refractivity contribution in [3.8, 4) is 0 Å². The maximum atomic E-state index is 13.6. The molecule has 1 aliphatic rings. The molecule has 0 unspecified atom stereocenters. The highest BCUT2D eigenvalue weighted by Gasteiger charge is 2.47. The monoisotopic (exact) mass is 389 g/mol. The lowest BCUT2D eigenvalue weighted by molar-refractivity contribution is -0.133. The fraction of sp³-hybridized carbons (Fsp3) is 0.348. The number of rotatable bonds is 7. The average molecular weight is 390 g/mol. The summed E-state index contributed by atoms with van der Waals surface area (Å²) in [5, 5.41) is 9.91. The highest BCUT2D eigenvalue weighted by molar-refractivity contribution is 5.88. The first kappa shape index (κ1) is 19.3. The molecule has 1 atom stereocenters. The van der Waals surface area contributed by atoms with Crippen molar-refractivity contribution >= 4 is 5.91 Å². The van der Waals surface area contributed by atoms with Gasteiger partial charge in [-0.05, 0) is 37.1 Å². The lowest BCUT2D eigenvalue weighted by atomic mass is 9.91. The molecule has 0 fully saturated rings. The van der Waals surface area contributed by atoms with Gasteiger partial charge in [-0.2, -0.15) is 5.10 Å². The van der Waals surface area contributed by atoms with E-state index in [1.807, 2.05) is 25.1 Å². The Hall–Kier alpha value is -2.99. The second kappa shape index (κ2) is 8.17. The van der Waals surface area contributed by atoms with Gasteiger partial charge < -0.3 is 5.32 Å². The van der Waals surface area contributed by atoms with Crippen LogP contribution in [-0.4, -0.2) is 45.1 Å². The molecule has 0 saturated carbocycles. The third-order valence-corrected chi connectivity index (χ3v) is 6.01. The van der Waals surface area contributed by atoms with Gasteiger partial charge in [-0.1, -0.05) is 54.6 Å². The number of amides is 1. The molecule has 0 aliphatic heterocycles. The van der Waals surface area contributed by atoms with E-state index in [-0.39, 0.29) is 11.9 Å². The van der Waals surface area contributed by atoms with Crippen LogP contribution in [0, 0.1) is 0 Å². The molecule has 3 aromatic rings. The summed E-state index contributed by atoms with van der Waals surface area (Å²) in [4.78, 5) is 20.0. The highest BCUT2D eigenvalue weighted by Crippen LogP contribution is 2.35. The Morgan fingerprint density at radius 2 is 1.79 bits per heavy atom. The molecule has 1 aromatic heterocycles. The summed E-state index contributed by atoms with van der Waals surface area (Å²) in [6.07, 6.45) is 3.79. The number of fused-ring (bicyclic) bond motifs is 1. The number of hydrogen-bond donors (Lipinski definition) is 2. The zero-order valence-corrected chi connectivity index (χ0v) is 16.9. The molecule has 4 rings (SSSR count). The average Bonchev–Trinajstić information content (AvgIpc) is 3.41. The Labute approximate surface area is 171 Å². The SMILES string of the molecule is C[C@H](NC(=O)C1(N(C)CCc2ccccc2)Cc2ccccc2C1)c1ncn[nH]1. The molecule has 2 N–H and O–H groups in total. The van der Waals surface area contributed by atoms with Crippen LogP contribution in [0.3, 0.4) is 0 Å². The van der Waals surface area contributed by atoms with E-state index in [9.17, 15) is 4.79 Å². The predicted octanol–water partition coefficient (Wildman–Crippen LogP) is 2.69. The number of nitrogens with one attached hydrogen (secondary N) is 2. The van der Waals surface area contributed by atoms with E-state index in [1.54, 1.807) is 0 Å². The van der Waals surface area contributed by atoms with Gasteiger partial charge in [0.1, 0.15) is 17.7 Å². The third kappa shape index (κ3) is 3.93. The number of likely N-dealkylation sites (N-methyl/N-ethyl adjacent to an activating group) is 1. The van der Waals surface area contributed by atoms with Crippen LogP contribution in [0.5, 0.6) is 0 Å². The van der Waals surface area contributed by atoms with Crippen LogP contribution in [0.4, 0.5) is 0 Å². The number of H-pyrrole nitrogens is 1. The van der Waals surface area contributed by atoms with Gasteiger partial charge in [-0.25, -0.2) is 4.98 Å². The number of aromatic nitrogens is 3. The Bertz CT molecular complexity index is 929. The third-order valence-electron chi connectivity index (χ3n) is 6.01. The van der Waals surface area contributed by atoms with Gasteiger partial charge in [0.25, 0.3) is 0 Å². The van der Waals surface area contributed by atoms with Crippen molar-refractivity contribution in [1.29, 1.82) is 0 Å². The molecule has 29 heavy (non-hydrogen) atoms. The first-order chi connectivity index (χ1) is 14.1. The van der Waals surface area contributed by atoms with Crippen molar-refractivity contribution in [3.05, 3.63) is 83.4 Å². The summed E-state index contributed by atoms with van der Waals surface area (Å²) < 4.78 is 0. The minimum Gasteiger partial charge on any atom is -0.345 e. The highest BCUT2D eigenvalue weighted by atomic mass is 16.2. The largest absolute Gasteiger partial charge is 0.345 e. The fourth-order valence-corrected chi connectivity index (χ4v) is 4.18. The van der Waals surface area contributed by atoms with E-state index >= 15 is 0 Å². The van der Waals surface area contributed by atoms with Crippen LogP contribution >= 0.6 is 0 Å². The first-order valence-electron chi connectivity index (χ1n) is 10.1. The van der Waals surface area contributed by atoms with E-state index in [0.717, 1.165) is 13.0 Å². The summed E-state index contributed by atoms with van der Waals surface area (Å²) >= 11 is 0. The number of aromatic amines is 1. The van der Waals surface area contributed by atoms with Gasteiger partial charge in [0.05, 0.1) is 6.04 Å². The van der Waals surface area contributed by atoms with Crippen molar-refractivity contribution < 1.29 is 4.79 Å². The normalized spacial score (nSPS) is 15.8. The van der Waals surface area contributed by atoms with Crippen molar-refractivity contribution in [2.75, 3.05) is 13.6 Å². The van der Waals surface area contributed by atoms with Gasteiger partial charge >= 0.3 is 0 Å². The van der Waals surface area contributed by atoms with Crippen LogP contribution in [0.25, 0.3) is 0 Å². The van der Waals surface area contributed by atoms with E-state index < -0.39 is 5.54 Å². The number of hydrogen-bond acceptors (Lipinski definition) is 4. The van der Waals surface area contributed by atoms with E-state index in [0.29, 0.717) is 18.7 Å². The molecule has 1 aliphatic carbocycles. The molecule has 6 heteroatoms. The molecular formula is C23H27N5O. The molecule has 2 aromatic carbocycles. The lowest BCUT2D eigenvalue weighted by Gasteiger charge is -2.38. The summed E-state index contributed by atoms with van der Waals surface area (Å²) in [5.74, 6) is 0.698. The maximum Gasteiger partial charge on any atom is 0.241 e. The van der Waals surface area contributed by atoms with E-state index in [4.69, 9.17) is 0 Å². The predicted molar refractivity (Wildman–Crippen MR) is 112 cm³/mol. The van der Waals surface area contributed by atoms with Gasteiger partial charge in [0.15, 0.2) is 0 Å². The van der Waals surface area contributed by atoms with E-state index in [1.165, 1.54) is 23.0 Å². The van der Waals surface area contributed by atoms with Crippen molar-refractivity contribution in [2.24, 2.45) is 0 Å². The van der Waals surface area contributed by atoms with Crippen LogP contribution < -0.4 is 5.32 Å². The van der Waals surface area contributed by atoms with Gasteiger partial charge in [-0.15, -0.1) is 0 Å². The number of benzene rings is 2. The molecule has 0 spiro atoms. The topological polar surface area (TPSA) is 73.9 Å². The Morgan fingerprint density at radius 3 is 2.41 bits per heavy atom. The fourth-order valence-electron chi connectivity index (χ4n) is 4.18. The summed E-state index contributed by atoms with van der Waals surface area (Å²) in [5.41, 5.74) is 3.18. The summed E-state index contributed by atoms with van der Waals surface area (Å²) in [6, 6.07) is 18.6. The Kier molecular flexibility index (Phi) is 5.45. The van der Waals surface area contributed by atoms with Gasteiger partial charge in [0.2, 0.25) is 5.91 Å². The van der Waals surface area contributed by atoms with E-state index in [2.05, 4.69) is 68.8 Å². The van der Waals surface area contributed by atoms with Gasteiger partial charge in [0, 0.05) is 19.4 Å². The van der Waals surface area contributed by atoms with Gasteiger partial charge in [-0.3, -0.25) is 14.8 Å². The Balaban J connectivity index is 1.55. The smallest absolute Gasteiger partial charge is 0.241 e. The molecular weight excluding hydrogens is 362 g/mol. The van der Waals surface area contributed by atoms with Crippen LogP contribution in [-0.2, 0) is 24.1 Å². The molecule has 150 valence electrons. The first-order valence-corrected chi connectivity index (χ1v) is 10.1.